The van der Waals surface area contributed by atoms with Gasteiger partial charge in [-0.1, -0.05) is 0 Å². The SMILES string of the molecule is CN(CC1CC(O)C1)C(=O)CCn1cccn1. The first-order chi connectivity index (χ1) is 8.15. The molecule has 0 bridgehead atoms. The van der Waals surface area contributed by atoms with Crippen molar-refractivity contribution >= 4 is 5.91 Å². The van der Waals surface area contributed by atoms with Gasteiger partial charge in [0, 0.05) is 39.0 Å². The van der Waals surface area contributed by atoms with Crippen molar-refractivity contribution in [3.05, 3.63) is 18.5 Å². The zero-order valence-electron chi connectivity index (χ0n) is 10.1. The van der Waals surface area contributed by atoms with E-state index in [0.29, 0.717) is 18.9 Å². The molecule has 5 nitrogen and oxygen atoms in total. The lowest BCUT2D eigenvalue weighted by Gasteiger charge is -2.34. The molecule has 1 fully saturated rings. The fraction of sp³-hybridized carbons (Fsp3) is 0.667. The third kappa shape index (κ3) is 3.30. The summed E-state index contributed by atoms with van der Waals surface area (Å²) in [6, 6.07) is 1.85. The van der Waals surface area contributed by atoms with Crippen molar-refractivity contribution in [1.29, 1.82) is 0 Å². The van der Waals surface area contributed by atoms with E-state index in [9.17, 15) is 9.90 Å². The van der Waals surface area contributed by atoms with Crippen LogP contribution in [0.2, 0.25) is 0 Å². The summed E-state index contributed by atoms with van der Waals surface area (Å²) in [6.45, 7) is 1.39. The molecule has 1 saturated carbocycles. The normalized spacial score (nSPS) is 23.2. The molecule has 0 radical (unpaired) electrons. The Labute approximate surface area is 101 Å². The molecular formula is C12H19N3O2. The third-order valence-electron chi connectivity index (χ3n) is 3.28. The van der Waals surface area contributed by atoms with Gasteiger partial charge in [0.25, 0.3) is 0 Å². The number of hydrogen-bond donors (Lipinski definition) is 1. The molecule has 1 aromatic heterocycles. The number of nitrogens with zero attached hydrogens (tertiary/aromatic N) is 3. The molecule has 1 N–H and O–H groups in total. The van der Waals surface area contributed by atoms with Gasteiger partial charge in [0.2, 0.25) is 5.91 Å². The Morgan fingerprint density at radius 2 is 2.35 bits per heavy atom. The number of amides is 1. The van der Waals surface area contributed by atoms with Crippen LogP contribution < -0.4 is 0 Å². The molecule has 0 saturated heterocycles. The van der Waals surface area contributed by atoms with Crippen molar-refractivity contribution in [1.82, 2.24) is 14.7 Å². The maximum absolute atomic E-state index is 11.8. The van der Waals surface area contributed by atoms with Crippen LogP contribution in [0.1, 0.15) is 19.3 Å². The van der Waals surface area contributed by atoms with Crippen LogP contribution in [0.25, 0.3) is 0 Å². The van der Waals surface area contributed by atoms with Gasteiger partial charge in [-0.3, -0.25) is 9.48 Å². The van der Waals surface area contributed by atoms with E-state index in [1.54, 1.807) is 15.8 Å². The van der Waals surface area contributed by atoms with Crippen molar-refractivity contribution < 1.29 is 9.90 Å². The Bertz CT molecular complexity index is 358. The van der Waals surface area contributed by atoms with Crippen LogP contribution in [-0.4, -0.2) is 45.4 Å². The molecular weight excluding hydrogens is 218 g/mol. The van der Waals surface area contributed by atoms with Gasteiger partial charge < -0.3 is 10.0 Å². The van der Waals surface area contributed by atoms with E-state index in [0.717, 1.165) is 19.4 Å². The zero-order chi connectivity index (χ0) is 12.3. The summed E-state index contributed by atoms with van der Waals surface area (Å²) in [7, 11) is 1.83. The van der Waals surface area contributed by atoms with Crippen molar-refractivity contribution in [2.45, 2.75) is 31.9 Å². The van der Waals surface area contributed by atoms with E-state index >= 15 is 0 Å². The first-order valence-corrected chi connectivity index (χ1v) is 6.04. The fourth-order valence-corrected chi connectivity index (χ4v) is 2.17. The van der Waals surface area contributed by atoms with E-state index in [-0.39, 0.29) is 12.0 Å². The zero-order valence-corrected chi connectivity index (χ0v) is 10.1. The predicted octanol–water partition coefficient (Wildman–Crippen LogP) is 0.502. The molecule has 1 aliphatic carbocycles. The van der Waals surface area contributed by atoms with Crippen molar-refractivity contribution in [3.8, 4) is 0 Å². The van der Waals surface area contributed by atoms with Gasteiger partial charge in [-0.25, -0.2) is 0 Å². The second-order valence-electron chi connectivity index (χ2n) is 4.78. The molecule has 1 heterocycles. The minimum absolute atomic E-state index is 0.141. The maximum atomic E-state index is 11.8. The largest absolute Gasteiger partial charge is 0.393 e. The topological polar surface area (TPSA) is 58.4 Å². The van der Waals surface area contributed by atoms with Crippen LogP contribution in [0.3, 0.4) is 0 Å². The van der Waals surface area contributed by atoms with E-state index in [2.05, 4.69) is 5.10 Å². The number of carbonyl (C=O) groups excluding carboxylic acids is 1. The third-order valence-corrected chi connectivity index (χ3v) is 3.28. The van der Waals surface area contributed by atoms with E-state index in [4.69, 9.17) is 0 Å². The van der Waals surface area contributed by atoms with Gasteiger partial charge in [-0.05, 0) is 24.8 Å². The highest BCUT2D eigenvalue weighted by Gasteiger charge is 2.28. The number of aliphatic hydroxyl groups is 1. The number of aryl methyl sites for hydroxylation is 1. The lowest BCUT2D eigenvalue weighted by atomic mass is 9.82. The first kappa shape index (κ1) is 12.1. The monoisotopic (exact) mass is 237 g/mol. The number of aromatic nitrogens is 2. The number of aliphatic hydroxyl groups excluding tert-OH is 1. The van der Waals surface area contributed by atoms with Gasteiger partial charge >= 0.3 is 0 Å². The summed E-state index contributed by atoms with van der Waals surface area (Å²) in [5.74, 6) is 0.616. The van der Waals surface area contributed by atoms with E-state index < -0.39 is 0 Å². The highest BCUT2D eigenvalue weighted by Crippen LogP contribution is 2.27. The van der Waals surface area contributed by atoms with Gasteiger partial charge in [0.15, 0.2) is 0 Å². The lowest BCUT2D eigenvalue weighted by molar-refractivity contribution is -0.131. The molecule has 94 valence electrons. The summed E-state index contributed by atoms with van der Waals surface area (Å²) < 4.78 is 1.76. The number of rotatable bonds is 5. The van der Waals surface area contributed by atoms with Crippen LogP contribution in [0.4, 0.5) is 0 Å². The Morgan fingerprint density at radius 3 is 2.94 bits per heavy atom. The molecule has 1 aromatic rings. The Kier molecular flexibility index (Phi) is 3.78. The lowest BCUT2D eigenvalue weighted by Crippen LogP contribution is -2.39. The van der Waals surface area contributed by atoms with Crippen LogP contribution in [-0.2, 0) is 11.3 Å². The Morgan fingerprint density at radius 1 is 1.59 bits per heavy atom. The molecule has 17 heavy (non-hydrogen) atoms. The summed E-state index contributed by atoms with van der Waals surface area (Å²) in [6.07, 6.45) is 5.56. The van der Waals surface area contributed by atoms with Crippen LogP contribution in [0.15, 0.2) is 18.5 Å². The minimum Gasteiger partial charge on any atom is -0.393 e. The van der Waals surface area contributed by atoms with Gasteiger partial charge in [0.05, 0.1) is 6.10 Å². The van der Waals surface area contributed by atoms with Crippen LogP contribution in [0.5, 0.6) is 0 Å². The molecule has 0 spiro atoms. The Balaban J connectivity index is 1.68. The second-order valence-corrected chi connectivity index (χ2v) is 4.78. The van der Waals surface area contributed by atoms with Crippen molar-refractivity contribution in [2.24, 2.45) is 5.92 Å². The molecule has 1 amide bonds. The summed E-state index contributed by atoms with van der Waals surface area (Å²) in [5.41, 5.74) is 0. The fourth-order valence-electron chi connectivity index (χ4n) is 2.17. The minimum atomic E-state index is -0.146. The standard InChI is InChI=1S/C12H19N3O2/c1-14(9-10-7-11(16)8-10)12(17)3-6-15-5-2-4-13-15/h2,4-5,10-11,16H,3,6-9H2,1H3. The van der Waals surface area contributed by atoms with Crippen molar-refractivity contribution in [2.75, 3.05) is 13.6 Å². The first-order valence-electron chi connectivity index (χ1n) is 6.04. The van der Waals surface area contributed by atoms with Gasteiger partial charge in [-0.15, -0.1) is 0 Å². The van der Waals surface area contributed by atoms with Gasteiger partial charge in [0.1, 0.15) is 0 Å². The summed E-state index contributed by atoms with van der Waals surface area (Å²) in [4.78, 5) is 13.6. The highest BCUT2D eigenvalue weighted by atomic mass is 16.3. The molecule has 0 atom stereocenters. The molecule has 2 rings (SSSR count). The average Bonchev–Trinajstić information content (AvgIpc) is 2.76. The number of hydrogen-bond acceptors (Lipinski definition) is 3. The highest BCUT2D eigenvalue weighted by molar-refractivity contribution is 5.75. The van der Waals surface area contributed by atoms with Gasteiger partial charge in [-0.2, -0.15) is 5.10 Å². The molecule has 0 aromatic carbocycles. The van der Waals surface area contributed by atoms with Crippen LogP contribution >= 0.6 is 0 Å². The number of carbonyl (C=O) groups is 1. The maximum Gasteiger partial charge on any atom is 0.224 e. The molecule has 0 unspecified atom stereocenters. The molecule has 0 aliphatic heterocycles. The van der Waals surface area contributed by atoms with E-state index in [1.807, 2.05) is 19.3 Å². The van der Waals surface area contributed by atoms with Crippen molar-refractivity contribution in [3.63, 3.8) is 0 Å². The van der Waals surface area contributed by atoms with E-state index in [1.165, 1.54) is 0 Å². The molecule has 5 heteroatoms. The predicted molar refractivity (Wildman–Crippen MR) is 63.2 cm³/mol. The summed E-state index contributed by atoms with van der Waals surface area (Å²) >= 11 is 0. The smallest absolute Gasteiger partial charge is 0.224 e. The summed E-state index contributed by atoms with van der Waals surface area (Å²) in [5, 5.41) is 13.2. The average molecular weight is 237 g/mol. The quantitative estimate of drug-likeness (QED) is 0.811. The Hall–Kier alpha value is -1.36. The molecule has 1 aliphatic rings. The second kappa shape index (κ2) is 5.31. The van der Waals surface area contributed by atoms with Crippen LogP contribution in [0, 0.1) is 5.92 Å².